The van der Waals surface area contributed by atoms with E-state index in [2.05, 4.69) is 5.10 Å². The van der Waals surface area contributed by atoms with Gasteiger partial charge in [0.25, 0.3) is 5.69 Å². The highest BCUT2D eigenvalue weighted by atomic mass is 16.6. The van der Waals surface area contributed by atoms with Crippen molar-refractivity contribution in [3.63, 3.8) is 0 Å². The van der Waals surface area contributed by atoms with Gasteiger partial charge >= 0.3 is 0 Å². The second-order valence-corrected chi connectivity index (χ2v) is 3.94. The number of nitrogens with zero attached hydrogens (tertiary/aromatic N) is 3. The first-order valence-corrected chi connectivity index (χ1v) is 5.48. The molecule has 0 aliphatic heterocycles. The van der Waals surface area contributed by atoms with E-state index < -0.39 is 22.0 Å². The number of aromatic nitrogens is 2. The van der Waals surface area contributed by atoms with Gasteiger partial charge in [0.2, 0.25) is 5.43 Å². The van der Waals surface area contributed by atoms with Gasteiger partial charge in [0.15, 0.2) is 5.69 Å². The molecular formula is C12H8N3O5-. The largest absolute Gasteiger partial charge is 0.543 e. The predicted molar refractivity (Wildman–Crippen MR) is 65.6 cm³/mol. The van der Waals surface area contributed by atoms with Crippen LogP contribution < -0.4 is 10.5 Å². The minimum Gasteiger partial charge on any atom is -0.543 e. The Kier molecular flexibility index (Phi) is 3.30. The van der Waals surface area contributed by atoms with E-state index in [1.54, 1.807) is 6.07 Å². The summed E-state index contributed by atoms with van der Waals surface area (Å²) in [6.45, 7) is 1.49. The molecule has 2 aromatic rings. The van der Waals surface area contributed by atoms with Crippen molar-refractivity contribution in [2.75, 3.05) is 0 Å². The molecule has 8 nitrogen and oxygen atoms in total. The average molecular weight is 274 g/mol. The van der Waals surface area contributed by atoms with Gasteiger partial charge in [-0.15, -0.1) is 0 Å². The van der Waals surface area contributed by atoms with Crippen LogP contribution in [0.15, 0.2) is 35.1 Å². The monoisotopic (exact) mass is 274 g/mol. The minimum absolute atomic E-state index is 0.0671. The Bertz CT molecular complexity index is 766. The number of carbonyl (C=O) groups excluding carboxylic acids is 1. The van der Waals surface area contributed by atoms with Gasteiger partial charge in [0.05, 0.1) is 10.9 Å². The number of aromatic carboxylic acids is 1. The van der Waals surface area contributed by atoms with Crippen LogP contribution in [-0.4, -0.2) is 20.7 Å². The summed E-state index contributed by atoms with van der Waals surface area (Å²) in [5, 5.41) is 25.4. The smallest absolute Gasteiger partial charge is 0.294 e. The molecule has 0 bridgehead atoms. The van der Waals surface area contributed by atoms with Gasteiger partial charge in [0.1, 0.15) is 5.69 Å². The molecule has 2 rings (SSSR count). The fourth-order valence-electron chi connectivity index (χ4n) is 1.73. The SMILES string of the molecule is Cc1cc(=O)c(C(=O)[O-])nn1-c1ccccc1[N+](=O)[O-]. The van der Waals surface area contributed by atoms with E-state index >= 15 is 0 Å². The van der Waals surface area contributed by atoms with Gasteiger partial charge in [0, 0.05) is 17.8 Å². The molecule has 0 saturated carbocycles. The van der Waals surface area contributed by atoms with Crippen molar-refractivity contribution in [3.8, 4) is 5.69 Å². The van der Waals surface area contributed by atoms with Crippen LogP contribution in [0, 0.1) is 17.0 Å². The van der Waals surface area contributed by atoms with E-state index in [0.717, 1.165) is 10.7 Å². The molecule has 0 saturated heterocycles. The molecule has 0 aliphatic carbocycles. The van der Waals surface area contributed by atoms with E-state index in [-0.39, 0.29) is 17.1 Å². The van der Waals surface area contributed by atoms with Crippen LogP contribution in [0.3, 0.4) is 0 Å². The normalized spacial score (nSPS) is 10.2. The van der Waals surface area contributed by atoms with Gasteiger partial charge in [-0.1, -0.05) is 12.1 Å². The highest BCUT2D eigenvalue weighted by Crippen LogP contribution is 2.22. The zero-order chi connectivity index (χ0) is 14.9. The maximum atomic E-state index is 11.5. The molecule has 1 heterocycles. The summed E-state index contributed by atoms with van der Waals surface area (Å²) in [6.07, 6.45) is 0. The highest BCUT2D eigenvalue weighted by Gasteiger charge is 2.17. The third-order valence-electron chi connectivity index (χ3n) is 2.61. The number of carboxylic acids is 1. The van der Waals surface area contributed by atoms with Gasteiger partial charge in [-0.25, -0.2) is 4.68 Å². The zero-order valence-electron chi connectivity index (χ0n) is 10.3. The summed E-state index contributed by atoms with van der Waals surface area (Å²) in [5.41, 5.74) is -1.52. The lowest BCUT2D eigenvalue weighted by Crippen LogP contribution is -2.32. The Labute approximate surface area is 112 Å². The van der Waals surface area contributed by atoms with Crippen LogP contribution in [0.1, 0.15) is 16.2 Å². The van der Waals surface area contributed by atoms with Crippen molar-refractivity contribution in [1.82, 2.24) is 9.78 Å². The molecule has 0 fully saturated rings. The Morgan fingerprint density at radius 3 is 2.60 bits per heavy atom. The number of rotatable bonds is 3. The Hall–Kier alpha value is -3.03. The molecule has 0 N–H and O–H groups in total. The fraction of sp³-hybridized carbons (Fsp3) is 0.0833. The molecule has 0 aliphatic rings. The van der Waals surface area contributed by atoms with E-state index in [1.165, 1.54) is 25.1 Å². The third kappa shape index (κ3) is 2.26. The lowest BCUT2D eigenvalue weighted by atomic mass is 10.2. The van der Waals surface area contributed by atoms with E-state index in [1.807, 2.05) is 0 Å². The van der Waals surface area contributed by atoms with Crippen molar-refractivity contribution in [2.45, 2.75) is 6.92 Å². The maximum absolute atomic E-state index is 11.5. The predicted octanol–water partition coefficient (Wildman–Crippen LogP) is -0.187. The Morgan fingerprint density at radius 1 is 1.35 bits per heavy atom. The van der Waals surface area contributed by atoms with Crippen LogP contribution in [0.25, 0.3) is 5.69 Å². The summed E-state index contributed by atoms with van der Waals surface area (Å²) < 4.78 is 1.03. The lowest BCUT2D eigenvalue weighted by Gasteiger charge is -2.11. The van der Waals surface area contributed by atoms with Crippen molar-refractivity contribution >= 4 is 11.7 Å². The maximum Gasteiger partial charge on any atom is 0.294 e. The molecule has 0 radical (unpaired) electrons. The van der Waals surface area contributed by atoms with E-state index in [4.69, 9.17) is 0 Å². The first-order valence-electron chi connectivity index (χ1n) is 5.48. The molecule has 102 valence electrons. The summed E-state index contributed by atoms with van der Waals surface area (Å²) in [7, 11) is 0. The number of benzene rings is 1. The molecule has 8 heteroatoms. The van der Waals surface area contributed by atoms with Gasteiger partial charge in [-0.3, -0.25) is 14.9 Å². The first-order chi connectivity index (χ1) is 9.41. The van der Waals surface area contributed by atoms with E-state index in [9.17, 15) is 24.8 Å². The van der Waals surface area contributed by atoms with Gasteiger partial charge < -0.3 is 9.90 Å². The van der Waals surface area contributed by atoms with Crippen LogP contribution in [0.5, 0.6) is 0 Å². The number of aryl methyl sites for hydroxylation is 1. The number of carboxylic acid groups (broad SMARTS) is 1. The molecule has 0 atom stereocenters. The lowest BCUT2D eigenvalue weighted by molar-refractivity contribution is -0.384. The minimum atomic E-state index is -1.73. The number of nitro benzene ring substituents is 1. The van der Waals surface area contributed by atoms with Crippen LogP contribution >= 0.6 is 0 Å². The average Bonchev–Trinajstić information content (AvgIpc) is 2.38. The topological polar surface area (TPSA) is 118 Å². The number of hydrogen-bond acceptors (Lipinski definition) is 6. The molecule has 1 aromatic heterocycles. The van der Waals surface area contributed by atoms with Crippen molar-refractivity contribution < 1.29 is 14.8 Å². The molecular weight excluding hydrogens is 266 g/mol. The van der Waals surface area contributed by atoms with Crippen molar-refractivity contribution in [3.05, 3.63) is 62.1 Å². The Balaban J connectivity index is 2.77. The molecule has 1 aromatic carbocycles. The quantitative estimate of drug-likeness (QED) is 0.565. The summed E-state index contributed by atoms with van der Waals surface area (Å²) in [6, 6.07) is 6.71. The van der Waals surface area contributed by atoms with Gasteiger partial charge in [-0.2, -0.15) is 5.10 Å². The van der Waals surface area contributed by atoms with E-state index in [0.29, 0.717) is 0 Å². The van der Waals surface area contributed by atoms with Gasteiger partial charge in [-0.05, 0) is 13.0 Å². The molecule has 0 amide bonds. The summed E-state index contributed by atoms with van der Waals surface area (Å²) >= 11 is 0. The standard InChI is InChI=1S/C12H9N3O5/c1-7-6-10(16)11(12(17)18)13-14(7)8-4-2-3-5-9(8)15(19)20/h2-6H,1H3,(H,17,18)/p-1. The second-order valence-electron chi connectivity index (χ2n) is 3.94. The van der Waals surface area contributed by atoms with Crippen LogP contribution in [0.2, 0.25) is 0 Å². The number of carbonyl (C=O) groups is 1. The summed E-state index contributed by atoms with van der Waals surface area (Å²) in [4.78, 5) is 32.6. The van der Waals surface area contributed by atoms with Crippen LogP contribution in [-0.2, 0) is 0 Å². The molecule has 20 heavy (non-hydrogen) atoms. The fourth-order valence-corrected chi connectivity index (χ4v) is 1.73. The molecule has 0 spiro atoms. The first kappa shape index (κ1) is 13.4. The summed E-state index contributed by atoms with van der Waals surface area (Å²) in [5.74, 6) is -1.73. The second kappa shape index (κ2) is 4.92. The number of hydrogen-bond donors (Lipinski definition) is 0. The zero-order valence-corrected chi connectivity index (χ0v) is 10.3. The number of nitro groups is 1. The van der Waals surface area contributed by atoms with Crippen molar-refractivity contribution in [2.24, 2.45) is 0 Å². The Morgan fingerprint density at radius 2 is 2.00 bits per heavy atom. The molecule has 0 unspecified atom stereocenters. The van der Waals surface area contributed by atoms with Crippen molar-refractivity contribution in [1.29, 1.82) is 0 Å². The van der Waals surface area contributed by atoms with Crippen LogP contribution in [0.4, 0.5) is 5.69 Å². The third-order valence-corrected chi connectivity index (χ3v) is 2.61. The number of para-hydroxylation sites is 2. The highest BCUT2D eigenvalue weighted by molar-refractivity contribution is 5.83.